The van der Waals surface area contributed by atoms with Crippen molar-refractivity contribution >= 4 is 28.8 Å². The van der Waals surface area contributed by atoms with E-state index in [2.05, 4.69) is 17.4 Å². The minimum atomic E-state index is 0.143. The minimum absolute atomic E-state index is 0.143. The maximum atomic E-state index is 11.9. The predicted octanol–water partition coefficient (Wildman–Crippen LogP) is 3.85. The molecule has 0 aliphatic carbocycles. The van der Waals surface area contributed by atoms with Gasteiger partial charge in [-0.05, 0) is 18.1 Å². The molecule has 2 heterocycles. The van der Waals surface area contributed by atoms with Crippen LogP contribution in [0.4, 0.5) is 0 Å². The summed E-state index contributed by atoms with van der Waals surface area (Å²) in [5.41, 5.74) is 1.21. The van der Waals surface area contributed by atoms with E-state index in [1.807, 2.05) is 34.5 Å². The molecule has 1 amide bonds. The molecule has 22 heavy (non-hydrogen) atoms. The molecule has 5 heteroatoms. The molecule has 2 aromatic rings. The highest BCUT2D eigenvalue weighted by atomic mass is 35.5. The number of hydrogen-bond donors (Lipinski definition) is 1. The third kappa shape index (κ3) is 3.88. The Hall–Kier alpha value is -1.36. The number of rotatable bonds is 6. The average Bonchev–Trinajstić information content (AvgIpc) is 3.13. The van der Waals surface area contributed by atoms with Crippen LogP contribution in [0.15, 0.2) is 41.8 Å². The van der Waals surface area contributed by atoms with Crippen LogP contribution in [-0.4, -0.2) is 23.9 Å². The second kappa shape index (κ2) is 7.27. The summed E-state index contributed by atoms with van der Waals surface area (Å²) in [4.78, 5) is 15.1. The first kappa shape index (κ1) is 15.5. The van der Waals surface area contributed by atoms with Crippen molar-refractivity contribution in [2.75, 3.05) is 13.1 Å². The zero-order valence-electron chi connectivity index (χ0n) is 12.3. The molecule has 1 unspecified atom stereocenters. The number of hydrogen-bond acceptors (Lipinski definition) is 3. The van der Waals surface area contributed by atoms with Crippen LogP contribution in [0, 0.1) is 0 Å². The van der Waals surface area contributed by atoms with Gasteiger partial charge in [0.05, 0.1) is 11.1 Å². The van der Waals surface area contributed by atoms with Gasteiger partial charge in [0.15, 0.2) is 0 Å². The van der Waals surface area contributed by atoms with Gasteiger partial charge in [-0.1, -0.05) is 41.9 Å². The highest BCUT2D eigenvalue weighted by Crippen LogP contribution is 2.22. The molecule has 116 valence electrons. The van der Waals surface area contributed by atoms with Crippen molar-refractivity contribution in [2.45, 2.75) is 25.4 Å². The standard InChI is InChI=1S/C17H19ClN2OS/c18-14-9-15(22-12-14)10-19-16(13-5-2-1-3-6-13)11-20-8-4-7-17(20)21/h1-3,5-6,9,12,16,19H,4,7-8,10-11H2. The maximum Gasteiger partial charge on any atom is 0.222 e. The number of amides is 1. The average molecular weight is 335 g/mol. The van der Waals surface area contributed by atoms with Crippen LogP contribution >= 0.6 is 22.9 Å². The van der Waals surface area contributed by atoms with Gasteiger partial charge in [0.1, 0.15) is 0 Å². The number of thiophene rings is 1. The zero-order chi connectivity index (χ0) is 15.4. The number of carbonyl (C=O) groups is 1. The molecule has 0 saturated carbocycles. The molecule has 3 nitrogen and oxygen atoms in total. The summed E-state index contributed by atoms with van der Waals surface area (Å²) in [6, 6.07) is 12.4. The molecule has 1 aliphatic rings. The van der Waals surface area contributed by atoms with Gasteiger partial charge in [0, 0.05) is 36.3 Å². The summed E-state index contributed by atoms with van der Waals surface area (Å²) >= 11 is 7.63. The Morgan fingerprint density at radius 1 is 1.32 bits per heavy atom. The number of carbonyl (C=O) groups excluding carboxylic acids is 1. The Morgan fingerprint density at radius 3 is 2.77 bits per heavy atom. The number of benzene rings is 1. The van der Waals surface area contributed by atoms with Crippen molar-refractivity contribution in [1.29, 1.82) is 0 Å². The first-order valence-electron chi connectivity index (χ1n) is 7.51. The monoisotopic (exact) mass is 334 g/mol. The van der Waals surface area contributed by atoms with Gasteiger partial charge in [-0.25, -0.2) is 0 Å². The van der Waals surface area contributed by atoms with E-state index in [1.165, 1.54) is 10.4 Å². The lowest BCUT2D eigenvalue weighted by Gasteiger charge is -2.25. The lowest BCUT2D eigenvalue weighted by Crippen LogP contribution is -2.35. The molecule has 1 N–H and O–H groups in total. The zero-order valence-corrected chi connectivity index (χ0v) is 13.9. The highest BCUT2D eigenvalue weighted by molar-refractivity contribution is 7.10. The Kier molecular flexibility index (Phi) is 5.13. The topological polar surface area (TPSA) is 32.3 Å². The van der Waals surface area contributed by atoms with Crippen molar-refractivity contribution < 1.29 is 4.79 Å². The molecule has 1 aromatic heterocycles. The molecule has 1 aromatic carbocycles. The fourth-order valence-corrected chi connectivity index (χ4v) is 3.78. The normalized spacial score (nSPS) is 16.2. The van der Waals surface area contributed by atoms with Crippen molar-refractivity contribution in [3.63, 3.8) is 0 Å². The van der Waals surface area contributed by atoms with Crippen molar-refractivity contribution in [3.05, 3.63) is 57.2 Å². The first-order chi connectivity index (χ1) is 10.7. The van der Waals surface area contributed by atoms with Crippen molar-refractivity contribution in [2.24, 2.45) is 0 Å². The van der Waals surface area contributed by atoms with Gasteiger partial charge in [-0.3, -0.25) is 4.79 Å². The van der Waals surface area contributed by atoms with Crippen LogP contribution < -0.4 is 5.32 Å². The van der Waals surface area contributed by atoms with Gasteiger partial charge >= 0.3 is 0 Å². The van der Waals surface area contributed by atoms with E-state index in [4.69, 9.17) is 11.6 Å². The van der Waals surface area contributed by atoms with Crippen LogP contribution in [0.25, 0.3) is 0 Å². The van der Waals surface area contributed by atoms with E-state index >= 15 is 0 Å². The van der Waals surface area contributed by atoms with Crippen LogP contribution in [0.5, 0.6) is 0 Å². The maximum absolute atomic E-state index is 11.9. The third-order valence-corrected chi connectivity index (χ3v) is 5.21. The first-order valence-corrected chi connectivity index (χ1v) is 8.77. The number of nitrogens with one attached hydrogen (secondary N) is 1. The fraction of sp³-hybridized carbons (Fsp3) is 0.353. The summed E-state index contributed by atoms with van der Waals surface area (Å²) in [5, 5.41) is 6.30. The van der Waals surface area contributed by atoms with Crippen LogP contribution in [-0.2, 0) is 11.3 Å². The van der Waals surface area contributed by atoms with Gasteiger partial charge in [-0.2, -0.15) is 0 Å². The molecule has 1 fully saturated rings. The van der Waals surface area contributed by atoms with Gasteiger partial charge in [-0.15, -0.1) is 11.3 Å². The lowest BCUT2D eigenvalue weighted by atomic mass is 10.1. The van der Waals surface area contributed by atoms with E-state index in [-0.39, 0.29) is 11.9 Å². The SMILES string of the molecule is O=C1CCCN1CC(NCc1cc(Cl)cs1)c1ccccc1. The summed E-state index contributed by atoms with van der Waals surface area (Å²) < 4.78 is 0. The van der Waals surface area contributed by atoms with Crippen molar-refractivity contribution in [1.82, 2.24) is 10.2 Å². The van der Waals surface area contributed by atoms with E-state index in [1.54, 1.807) is 11.3 Å². The molecule has 0 bridgehead atoms. The summed E-state index contributed by atoms with van der Waals surface area (Å²) in [6.45, 7) is 2.36. The number of nitrogens with zero attached hydrogens (tertiary/aromatic N) is 1. The molecular formula is C17H19ClN2OS. The molecule has 1 saturated heterocycles. The Bertz CT molecular complexity index is 629. The molecule has 1 atom stereocenters. The fourth-order valence-electron chi connectivity index (χ4n) is 2.76. The summed E-state index contributed by atoms with van der Waals surface area (Å²) in [5.74, 6) is 0.266. The Morgan fingerprint density at radius 2 is 2.14 bits per heavy atom. The Balaban J connectivity index is 1.69. The summed E-state index contributed by atoms with van der Waals surface area (Å²) in [6.07, 6.45) is 1.66. The van der Waals surface area contributed by atoms with Crippen molar-refractivity contribution in [3.8, 4) is 0 Å². The number of likely N-dealkylation sites (tertiary alicyclic amines) is 1. The molecular weight excluding hydrogens is 316 g/mol. The molecule has 0 spiro atoms. The molecule has 1 aliphatic heterocycles. The minimum Gasteiger partial charge on any atom is -0.341 e. The molecule has 0 radical (unpaired) electrons. The number of halogens is 1. The second-order valence-corrected chi connectivity index (χ2v) is 6.95. The van der Waals surface area contributed by atoms with Gasteiger partial charge in [0.25, 0.3) is 0 Å². The Labute approximate surface area is 139 Å². The van der Waals surface area contributed by atoms with E-state index < -0.39 is 0 Å². The molecule has 3 rings (SSSR count). The quantitative estimate of drug-likeness (QED) is 0.870. The van der Waals surface area contributed by atoms with Crippen LogP contribution in [0.2, 0.25) is 5.02 Å². The predicted molar refractivity (Wildman–Crippen MR) is 91.2 cm³/mol. The van der Waals surface area contributed by atoms with Crippen LogP contribution in [0.3, 0.4) is 0 Å². The lowest BCUT2D eigenvalue weighted by molar-refractivity contribution is -0.128. The largest absolute Gasteiger partial charge is 0.341 e. The van der Waals surface area contributed by atoms with E-state index in [9.17, 15) is 4.79 Å². The van der Waals surface area contributed by atoms with E-state index in [0.29, 0.717) is 6.42 Å². The second-order valence-electron chi connectivity index (χ2n) is 5.52. The summed E-state index contributed by atoms with van der Waals surface area (Å²) in [7, 11) is 0. The third-order valence-electron chi connectivity index (χ3n) is 3.92. The van der Waals surface area contributed by atoms with E-state index in [0.717, 1.165) is 31.1 Å². The smallest absolute Gasteiger partial charge is 0.222 e. The van der Waals surface area contributed by atoms with Gasteiger partial charge < -0.3 is 10.2 Å². The van der Waals surface area contributed by atoms with Gasteiger partial charge in [0.2, 0.25) is 5.91 Å². The van der Waals surface area contributed by atoms with Crippen LogP contribution in [0.1, 0.15) is 29.3 Å². The highest BCUT2D eigenvalue weighted by Gasteiger charge is 2.24.